The van der Waals surface area contributed by atoms with Gasteiger partial charge in [0.1, 0.15) is 6.04 Å². The molecule has 1 fully saturated rings. The number of rotatable bonds is 8. The summed E-state index contributed by atoms with van der Waals surface area (Å²) in [5.41, 5.74) is 1.65. The van der Waals surface area contributed by atoms with Crippen LogP contribution in [0.4, 0.5) is 0 Å². The van der Waals surface area contributed by atoms with Gasteiger partial charge in [-0.05, 0) is 31.4 Å². The maximum atomic E-state index is 13.3. The highest BCUT2D eigenvalue weighted by molar-refractivity contribution is 6.08. The molecule has 1 aliphatic rings. The van der Waals surface area contributed by atoms with E-state index in [1.165, 1.54) is 13.5 Å². The van der Waals surface area contributed by atoms with E-state index in [2.05, 4.69) is 6.92 Å². The zero-order valence-electron chi connectivity index (χ0n) is 16.6. The van der Waals surface area contributed by atoms with Gasteiger partial charge in [0, 0.05) is 23.1 Å². The Morgan fingerprint density at radius 1 is 1.15 bits per heavy atom. The van der Waals surface area contributed by atoms with Crippen LogP contribution in [0.1, 0.15) is 81.1 Å². The predicted octanol–water partition coefficient (Wildman–Crippen LogP) is 5.70. The highest BCUT2D eigenvalue weighted by Crippen LogP contribution is 2.32. The highest BCUT2D eigenvalue weighted by Gasteiger charge is 2.27. The molecule has 0 amide bonds. The largest absolute Gasteiger partial charge is 0.467 e. The van der Waals surface area contributed by atoms with E-state index >= 15 is 0 Å². The molecule has 27 heavy (non-hydrogen) atoms. The van der Waals surface area contributed by atoms with Crippen LogP contribution in [0.5, 0.6) is 0 Å². The van der Waals surface area contributed by atoms with E-state index in [-0.39, 0.29) is 23.7 Å². The molecule has 0 saturated heterocycles. The average molecular weight is 370 g/mol. The summed E-state index contributed by atoms with van der Waals surface area (Å²) in [6.45, 7) is 2.15. The summed E-state index contributed by atoms with van der Waals surface area (Å²) in [7, 11) is 1.44. The van der Waals surface area contributed by atoms with E-state index in [1.807, 2.05) is 35.0 Å². The number of carbonyl (C=O) groups is 2. The number of carbonyl (C=O) groups excluding carboxylic acids is 2. The minimum atomic E-state index is -0.376. The topological polar surface area (TPSA) is 48.3 Å². The molecular formula is C23H31NO3. The van der Waals surface area contributed by atoms with Gasteiger partial charge in [-0.25, -0.2) is 4.79 Å². The molecule has 1 aromatic heterocycles. The first-order valence-electron chi connectivity index (χ1n) is 10.4. The summed E-state index contributed by atoms with van der Waals surface area (Å²) in [5.74, 6) is 0.116. The molecular weight excluding hydrogens is 338 g/mol. The lowest BCUT2D eigenvalue weighted by Crippen LogP contribution is -2.23. The van der Waals surface area contributed by atoms with E-state index in [0.29, 0.717) is 0 Å². The Bertz CT molecular complexity index is 786. The molecule has 1 saturated carbocycles. The quantitative estimate of drug-likeness (QED) is 0.341. The van der Waals surface area contributed by atoms with Crippen LogP contribution >= 0.6 is 0 Å². The Labute approximate surface area is 161 Å². The van der Waals surface area contributed by atoms with Gasteiger partial charge >= 0.3 is 5.97 Å². The fourth-order valence-corrected chi connectivity index (χ4v) is 4.36. The van der Waals surface area contributed by atoms with Gasteiger partial charge in [0.05, 0.1) is 12.6 Å². The number of ketones is 1. The van der Waals surface area contributed by atoms with E-state index in [0.717, 1.165) is 67.8 Å². The molecule has 1 unspecified atom stereocenters. The van der Waals surface area contributed by atoms with Crippen LogP contribution in [0.25, 0.3) is 10.9 Å². The van der Waals surface area contributed by atoms with Crippen LogP contribution in [0, 0.1) is 5.92 Å². The molecule has 0 N–H and O–H groups in total. The molecule has 1 atom stereocenters. The molecule has 2 aromatic rings. The Morgan fingerprint density at radius 2 is 1.93 bits per heavy atom. The van der Waals surface area contributed by atoms with Crippen LogP contribution in [-0.2, 0) is 9.53 Å². The number of Topliss-reactive ketones (excluding diaryl/α,β-unsaturated/α-hetero) is 1. The number of hydrogen-bond acceptors (Lipinski definition) is 3. The van der Waals surface area contributed by atoms with E-state index in [4.69, 9.17) is 4.74 Å². The molecule has 0 spiro atoms. The van der Waals surface area contributed by atoms with Crippen molar-refractivity contribution in [2.45, 2.75) is 70.8 Å². The third-order valence-electron chi connectivity index (χ3n) is 5.87. The molecule has 1 aliphatic carbocycles. The van der Waals surface area contributed by atoms with E-state index in [9.17, 15) is 9.59 Å². The van der Waals surface area contributed by atoms with Crippen LogP contribution < -0.4 is 0 Å². The summed E-state index contributed by atoms with van der Waals surface area (Å²) < 4.78 is 7.07. The van der Waals surface area contributed by atoms with Crippen LogP contribution in [0.3, 0.4) is 0 Å². The lowest BCUT2D eigenvalue weighted by molar-refractivity contribution is -0.144. The third kappa shape index (κ3) is 4.26. The maximum absolute atomic E-state index is 13.3. The summed E-state index contributed by atoms with van der Waals surface area (Å²) in [4.78, 5) is 25.8. The van der Waals surface area contributed by atoms with Gasteiger partial charge in [0.2, 0.25) is 0 Å². The Hall–Kier alpha value is -2.10. The van der Waals surface area contributed by atoms with Crippen molar-refractivity contribution < 1.29 is 14.3 Å². The number of para-hydroxylation sites is 1. The molecule has 0 radical (unpaired) electrons. The Balaban J connectivity index is 1.99. The van der Waals surface area contributed by atoms with Crippen molar-refractivity contribution in [1.82, 2.24) is 4.57 Å². The molecule has 4 nitrogen and oxygen atoms in total. The van der Waals surface area contributed by atoms with Gasteiger partial charge in [-0.15, -0.1) is 0 Å². The van der Waals surface area contributed by atoms with Crippen molar-refractivity contribution in [1.29, 1.82) is 0 Å². The Kier molecular flexibility index (Phi) is 6.70. The lowest BCUT2D eigenvalue weighted by atomic mass is 9.83. The fraction of sp³-hybridized carbons (Fsp3) is 0.565. The number of benzene rings is 1. The van der Waals surface area contributed by atoms with Crippen molar-refractivity contribution in [2.24, 2.45) is 5.92 Å². The zero-order chi connectivity index (χ0) is 19.2. The third-order valence-corrected chi connectivity index (χ3v) is 5.87. The highest BCUT2D eigenvalue weighted by atomic mass is 16.5. The second-order valence-electron chi connectivity index (χ2n) is 7.70. The summed E-state index contributed by atoms with van der Waals surface area (Å²) in [5, 5.41) is 1.01. The van der Waals surface area contributed by atoms with Crippen molar-refractivity contribution in [2.75, 3.05) is 7.11 Å². The van der Waals surface area contributed by atoms with Crippen molar-refractivity contribution in [3.63, 3.8) is 0 Å². The monoisotopic (exact) mass is 369 g/mol. The first-order chi connectivity index (χ1) is 13.2. The number of unbranched alkanes of at least 4 members (excludes halogenated alkanes) is 2. The SMILES string of the molecule is CCCCCC(C(=O)OC)n1ccc2cccc(C(=O)C3CCCCC3)c21. The minimum Gasteiger partial charge on any atom is -0.467 e. The lowest BCUT2D eigenvalue weighted by Gasteiger charge is -2.22. The summed E-state index contributed by atoms with van der Waals surface area (Å²) in [6, 6.07) is 7.52. The molecule has 4 heteroatoms. The van der Waals surface area contributed by atoms with Gasteiger partial charge in [0.15, 0.2) is 5.78 Å². The van der Waals surface area contributed by atoms with Gasteiger partial charge in [0.25, 0.3) is 0 Å². The molecule has 1 heterocycles. The molecule has 0 bridgehead atoms. The van der Waals surface area contributed by atoms with Gasteiger partial charge in [-0.1, -0.05) is 57.6 Å². The smallest absolute Gasteiger partial charge is 0.328 e. The van der Waals surface area contributed by atoms with Gasteiger partial charge in [-0.3, -0.25) is 4.79 Å². The van der Waals surface area contributed by atoms with E-state index < -0.39 is 0 Å². The molecule has 0 aliphatic heterocycles. The van der Waals surface area contributed by atoms with Crippen molar-refractivity contribution in [3.8, 4) is 0 Å². The van der Waals surface area contributed by atoms with Crippen molar-refractivity contribution >= 4 is 22.7 Å². The molecule has 146 valence electrons. The summed E-state index contributed by atoms with van der Waals surface area (Å²) in [6.07, 6.45) is 11.3. The molecule has 3 rings (SSSR count). The summed E-state index contributed by atoms with van der Waals surface area (Å²) >= 11 is 0. The number of nitrogens with zero attached hydrogens (tertiary/aromatic N) is 1. The average Bonchev–Trinajstić information content (AvgIpc) is 3.15. The van der Waals surface area contributed by atoms with Gasteiger partial charge < -0.3 is 9.30 Å². The fourth-order valence-electron chi connectivity index (χ4n) is 4.36. The zero-order valence-corrected chi connectivity index (χ0v) is 16.6. The first-order valence-corrected chi connectivity index (χ1v) is 10.4. The van der Waals surface area contributed by atoms with Crippen LogP contribution in [0.15, 0.2) is 30.5 Å². The van der Waals surface area contributed by atoms with Crippen LogP contribution in [0.2, 0.25) is 0 Å². The Morgan fingerprint density at radius 3 is 2.63 bits per heavy atom. The normalized spacial score (nSPS) is 16.4. The minimum absolute atomic E-state index is 0.115. The number of methoxy groups -OCH3 is 1. The predicted molar refractivity (Wildman–Crippen MR) is 108 cm³/mol. The number of aromatic nitrogens is 1. The van der Waals surface area contributed by atoms with Gasteiger partial charge in [-0.2, -0.15) is 0 Å². The number of fused-ring (bicyclic) bond motifs is 1. The van der Waals surface area contributed by atoms with Crippen LogP contribution in [-0.4, -0.2) is 23.4 Å². The van der Waals surface area contributed by atoms with Crippen molar-refractivity contribution in [3.05, 3.63) is 36.0 Å². The number of esters is 1. The van der Waals surface area contributed by atoms with E-state index in [1.54, 1.807) is 0 Å². The number of ether oxygens (including phenoxy) is 1. The second kappa shape index (κ2) is 9.20. The first kappa shape index (κ1) is 19.7. The second-order valence-corrected chi connectivity index (χ2v) is 7.70. The number of hydrogen-bond donors (Lipinski definition) is 0. The molecule has 1 aromatic carbocycles. The standard InChI is InChI=1S/C23H31NO3/c1-3-4-6-14-20(23(26)27-2)24-16-15-17-12-9-13-19(21(17)24)22(25)18-10-7-5-8-11-18/h9,12-13,15-16,18,20H,3-8,10-11,14H2,1-2H3. The maximum Gasteiger partial charge on any atom is 0.328 e.